The first kappa shape index (κ1) is 13.8. The van der Waals surface area contributed by atoms with Crippen LogP contribution in [0.25, 0.3) is 0 Å². The number of nitrogen functional groups attached to an aromatic ring is 1. The number of carbonyl (C=O) groups excluding carboxylic acids is 1. The second-order valence-electron chi connectivity index (χ2n) is 4.64. The van der Waals surface area contributed by atoms with E-state index in [0.29, 0.717) is 17.7 Å². The first-order valence-electron chi connectivity index (χ1n) is 5.97. The lowest BCUT2D eigenvalue weighted by molar-refractivity contribution is 0.0990. The Morgan fingerprint density at radius 2 is 2.11 bits per heavy atom. The van der Waals surface area contributed by atoms with Crippen LogP contribution in [0.2, 0.25) is 0 Å². The fourth-order valence-electron chi connectivity index (χ4n) is 1.94. The molecule has 2 aromatic rings. The van der Waals surface area contributed by atoms with Gasteiger partial charge >= 0.3 is 0 Å². The van der Waals surface area contributed by atoms with E-state index >= 15 is 0 Å². The Balaban J connectivity index is 2.28. The number of anilines is 1. The number of hydrogen-bond donors (Lipinski definition) is 1. The van der Waals surface area contributed by atoms with E-state index < -0.39 is 0 Å². The molecule has 4 nitrogen and oxygen atoms in total. The monoisotopic (exact) mass is 321 g/mol. The van der Waals surface area contributed by atoms with E-state index in [9.17, 15) is 4.79 Å². The number of nitrogens with zero attached hydrogens (tertiary/aromatic N) is 2. The maximum atomic E-state index is 12.3. The quantitative estimate of drug-likeness (QED) is 0.698. The summed E-state index contributed by atoms with van der Waals surface area (Å²) in [5.74, 6) is 0.0374. The molecule has 5 heteroatoms. The topological polar surface area (TPSA) is 60.9 Å². The van der Waals surface area contributed by atoms with Gasteiger partial charge in [0, 0.05) is 18.3 Å². The molecule has 0 bridgehead atoms. The predicted molar refractivity (Wildman–Crippen MR) is 79.3 cm³/mol. The van der Waals surface area contributed by atoms with Crippen LogP contribution in [0.1, 0.15) is 27.3 Å². The van der Waals surface area contributed by atoms with Crippen molar-refractivity contribution in [3.8, 4) is 0 Å². The van der Waals surface area contributed by atoms with Gasteiger partial charge in [-0.2, -0.15) is 5.10 Å². The van der Waals surface area contributed by atoms with Crippen molar-refractivity contribution in [3.63, 3.8) is 0 Å². The molecule has 0 unspecified atom stereocenters. The molecule has 0 spiro atoms. The SMILES string of the molecule is Cc1ccc(C(=O)Cc2c(Br)c(C)nn2C)cc1N. The van der Waals surface area contributed by atoms with E-state index in [4.69, 9.17) is 5.73 Å². The minimum Gasteiger partial charge on any atom is -0.398 e. The molecule has 0 aliphatic carbocycles. The zero-order valence-corrected chi connectivity index (χ0v) is 12.8. The first-order chi connectivity index (χ1) is 8.90. The summed E-state index contributed by atoms with van der Waals surface area (Å²) in [5.41, 5.74) is 9.85. The van der Waals surface area contributed by atoms with Gasteiger partial charge in [0.15, 0.2) is 5.78 Å². The second-order valence-corrected chi connectivity index (χ2v) is 5.43. The van der Waals surface area contributed by atoms with Gasteiger partial charge in [-0.1, -0.05) is 12.1 Å². The number of halogens is 1. The van der Waals surface area contributed by atoms with E-state index in [1.54, 1.807) is 10.7 Å². The molecule has 19 heavy (non-hydrogen) atoms. The van der Waals surface area contributed by atoms with Crippen LogP contribution in [-0.2, 0) is 13.5 Å². The van der Waals surface area contributed by atoms with Crippen molar-refractivity contribution < 1.29 is 4.79 Å². The van der Waals surface area contributed by atoms with E-state index in [0.717, 1.165) is 21.4 Å². The number of ketones is 1. The van der Waals surface area contributed by atoms with Crippen LogP contribution in [0.15, 0.2) is 22.7 Å². The predicted octanol–water partition coefficient (Wildman–Crippen LogP) is 2.81. The molecule has 1 aromatic heterocycles. The maximum Gasteiger partial charge on any atom is 0.168 e. The van der Waals surface area contributed by atoms with E-state index in [1.165, 1.54) is 0 Å². The number of carbonyl (C=O) groups is 1. The molecule has 1 aromatic carbocycles. The van der Waals surface area contributed by atoms with Crippen molar-refractivity contribution in [3.05, 3.63) is 45.2 Å². The number of nitrogens with two attached hydrogens (primary N) is 1. The van der Waals surface area contributed by atoms with Crippen molar-refractivity contribution in [2.75, 3.05) is 5.73 Å². The molecule has 0 aliphatic heterocycles. The third-order valence-corrected chi connectivity index (χ3v) is 4.22. The Morgan fingerprint density at radius 3 is 2.63 bits per heavy atom. The molecule has 0 aliphatic rings. The smallest absolute Gasteiger partial charge is 0.168 e. The van der Waals surface area contributed by atoms with Gasteiger partial charge in [-0.05, 0) is 41.4 Å². The standard InChI is InChI=1S/C14H16BrN3O/c1-8-4-5-10(6-11(8)16)13(19)7-12-14(15)9(2)17-18(12)3/h4-6H,7,16H2,1-3H3. The van der Waals surface area contributed by atoms with Crippen LogP contribution in [0.4, 0.5) is 5.69 Å². The average molecular weight is 322 g/mol. The van der Waals surface area contributed by atoms with E-state index in [-0.39, 0.29) is 5.78 Å². The van der Waals surface area contributed by atoms with Gasteiger partial charge in [0.05, 0.1) is 22.3 Å². The summed E-state index contributed by atoms with van der Waals surface area (Å²) in [4.78, 5) is 12.3. The molecule has 0 saturated heterocycles. The van der Waals surface area contributed by atoms with Crippen LogP contribution in [0, 0.1) is 13.8 Å². The molecule has 2 rings (SSSR count). The first-order valence-corrected chi connectivity index (χ1v) is 6.76. The minimum atomic E-state index is 0.0374. The molecule has 0 saturated carbocycles. The van der Waals surface area contributed by atoms with Crippen molar-refractivity contribution >= 4 is 27.4 Å². The summed E-state index contributed by atoms with van der Waals surface area (Å²) in [6, 6.07) is 5.41. The molecule has 0 amide bonds. The highest BCUT2D eigenvalue weighted by atomic mass is 79.9. The van der Waals surface area contributed by atoms with E-state index in [2.05, 4.69) is 21.0 Å². The summed E-state index contributed by atoms with van der Waals surface area (Å²) in [5, 5.41) is 4.28. The van der Waals surface area contributed by atoms with Gasteiger partial charge in [0.1, 0.15) is 0 Å². The van der Waals surface area contributed by atoms with Crippen molar-refractivity contribution in [2.24, 2.45) is 7.05 Å². The van der Waals surface area contributed by atoms with Crippen LogP contribution >= 0.6 is 15.9 Å². The Kier molecular flexibility index (Phi) is 3.75. The van der Waals surface area contributed by atoms with Gasteiger partial charge in [-0.25, -0.2) is 0 Å². The average Bonchev–Trinajstić information content (AvgIpc) is 2.59. The van der Waals surface area contributed by atoms with Crippen molar-refractivity contribution in [2.45, 2.75) is 20.3 Å². The third-order valence-electron chi connectivity index (χ3n) is 3.19. The summed E-state index contributed by atoms with van der Waals surface area (Å²) in [6.45, 7) is 3.83. The van der Waals surface area contributed by atoms with Crippen LogP contribution in [0.5, 0.6) is 0 Å². The highest BCUT2D eigenvalue weighted by Gasteiger charge is 2.16. The third kappa shape index (κ3) is 2.71. The molecule has 0 fully saturated rings. The molecule has 0 atom stereocenters. The zero-order valence-electron chi connectivity index (χ0n) is 11.2. The van der Waals surface area contributed by atoms with Gasteiger partial charge in [0.2, 0.25) is 0 Å². The van der Waals surface area contributed by atoms with Gasteiger partial charge < -0.3 is 5.73 Å². The number of Topliss-reactive ketones (excluding diaryl/α,β-unsaturated/α-hetero) is 1. The lowest BCUT2D eigenvalue weighted by Crippen LogP contribution is -2.09. The lowest BCUT2D eigenvalue weighted by Gasteiger charge is -2.05. The largest absolute Gasteiger partial charge is 0.398 e. The van der Waals surface area contributed by atoms with Crippen molar-refractivity contribution in [1.82, 2.24) is 9.78 Å². The fourth-order valence-corrected chi connectivity index (χ4v) is 2.42. The number of aryl methyl sites for hydroxylation is 3. The van der Waals surface area contributed by atoms with Crippen molar-refractivity contribution in [1.29, 1.82) is 0 Å². The highest BCUT2D eigenvalue weighted by molar-refractivity contribution is 9.10. The normalized spacial score (nSPS) is 10.7. The Bertz CT molecular complexity index is 646. The number of aromatic nitrogens is 2. The summed E-state index contributed by atoms with van der Waals surface area (Å²) in [6.07, 6.45) is 0.306. The van der Waals surface area contributed by atoms with Crippen LogP contribution in [-0.4, -0.2) is 15.6 Å². The van der Waals surface area contributed by atoms with Gasteiger partial charge in [-0.3, -0.25) is 9.48 Å². The fraction of sp³-hybridized carbons (Fsp3) is 0.286. The number of benzene rings is 1. The molecular weight excluding hydrogens is 306 g/mol. The minimum absolute atomic E-state index is 0.0374. The maximum absolute atomic E-state index is 12.3. The summed E-state index contributed by atoms with van der Waals surface area (Å²) >= 11 is 3.47. The number of rotatable bonds is 3. The molecule has 0 radical (unpaired) electrons. The lowest BCUT2D eigenvalue weighted by atomic mass is 10.0. The Hall–Kier alpha value is -1.62. The molecule has 1 heterocycles. The van der Waals surface area contributed by atoms with Gasteiger partial charge in [0.25, 0.3) is 0 Å². The van der Waals surface area contributed by atoms with Crippen LogP contribution < -0.4 is 5.73 Å². The highest BCUT2D eigenvalue weighted by Crippen LogP contribution is 2.22. The van der Waals surface area contributed by atoms with Gasteiger partial charge in [-0.15, -0.1) is 0 Å². The Morgan fingerprint density at radius 1 is 1.42 bits per heavy atom. The molecular formula is C14H16BrN3O. The molecule has 2 N–H and O–H groups in total. The van der Waals surface area contributed by atoms with Crippen LogP contribution in [0.3, 0.4) is 0 Å². The second kappa shape index (κ2) is 5.17. The molecule has 100 valence electrons. The number of hydrogen-bond acceptors (Lipinski definition) is 3. The summed E-state index contributed by atoms with van der Waals surface area (Å²) in [7, 11) is 1.84. The van der Waals surface area contributed by atoms with E-state index in [1.807, 2.05) is 33.0 Å². The summed E-state index contributed by atoms with van der Waals surface area (Å²) < 4.78 is 2.62. The Labute approximate surface area is 120 Å². The zero-order chi connectivity index (χ0) is 14.2.